The molecule has 3 rings (SSSR count). The number of hydrogen-bond acceptors (Lipinski definition) is 3. The standard InChI is InChI=1S/C17H20F2N4O/c1-23-10-11(7-22-23)13-8-20-9-14(13)17(24)21-6-5-12-15(18)3-2-4-16(12)19/h2-4,7,10,13-14,20H,5-6,8-9H2,1H3,(H,21,24)/t13-,14+/m1/s1. The van der Waals surface area contributed by atoms with Gasteiger partial charge in [0.2, 0.25) is 5.91 Å². The van der Waals surface area contributed by atoms with E-state index < -0.39 is 11.6 Å². The molecule has 1 aliphatic rings. The smallest absolute Gasteiger partial charge is 0.225 e. The first kappa shape index (κ1) is 16.6. The number of benzene rings is 1. The molecule has 0 radical (unpaired) electrons. The first-order chi connectivity index (χ1) is 11.6. The fourth-order valence-electron chi connectivity index (χ4n) is 3.15. The number of halogens is 2. The van der Waals surface area contributed by atoms with E-state index in [9.17, 15) is 13.6 Å². The van der Waals surface area contributed by atoms with Gasteiger partial charge in [0.05, 0.1) is 12.1 Å². The molecule has 2 heterocycles. The van der Waals surface area contributed by atoms with Crippen molar-refractivity contribution in [1.29, 1.82) is 0 Å². The third-order valence-electron chi connectivity index (χ3n) is 4.44. The van der Waals surface area contributed by atoms with Crippen molar-refractivity contribution in [1.82, 2.24) is 20.4 Å². The predicted molar refractivity (Wildman–Crippen MR) is 85.4 cm³/mol. The molecule has 2 N–H and O–H groups in total. The number of carbonyl (C=O) groups is 1. The maximum absolute atomic E-state index is 13.6. The number of rotatable bonds is 5. The van der Waals surface area contributed by atoms with E-state index in [0.717, 1.165) is 5.56 Å². The molecule has 0 bridgehead atoms. The predicted octanol–water partition coefficient (Wildman–Crippen LogP) is 1.36. The minimum atomic E-state index is -0.583. The second-order valence-corrected chi connectivity index (χ2v) is 6.06. The maximum Gasteiger partial charge on any atom is 0.225 e. The normalized spacial score (nSPS) is 20.3. The average molecular weight is 334 g/mol. The van der Waals surface area contributed by atoms with Crippen LogP contribution in [0.2, 0.25) is 0 Å². The molecule has 24 heavy (non-hydrogen) atoms. The zero-order valence-corrected chi connectivity index (χ0v) is 13.4. The number of nitrogens with one attached hydrogen (secondary N) is 2. The number of amides is 1. The van der Waals surface area contributed by atoms with Crippen LogP contribution >= 0.6 is 0 Å². The molecule has 1 amide bonds. The van der Waals surface area contributed by atoms with Gasteiger partial charge < -0.3 is 10.6 Å². The largest absolute Gasteiger partial charge is 0.355 e. The number of hydrogen-bond donors (Lipinski definition) is 2. The summed E-state index contributed by atoms with van der Waals surface area (Å²) in [5.74, 6) is -1.42. The molecule has 1 aliphatic heterocycles. The Labute approximate surface area is 139 Å². The molecule has 2 atom stereocenters. The van der Waals surface area contributed by atoms with Crippen LogP contribution in [0.1, 0.15) is 17.0 Å². The molecule has 0 unspecified atom stereocenters. The van der Waals surface area contributed by atoms with E-state index >= 15 is 0 Å². The molecule has 1 saturated heterocycles. The van der Waals surface area contributed by atoms with E-state index in [1.165, 1.54) is 18.2 Å². The summed E-state index contributed by atoms with van der Waals surface area (Å²) in [6.45, 7) is 1.50. The van der Waals surface area contributed by atoms with Gasteiger partial charge in [0.25, 0.3) is 0 Å². The van der Waals surface area contributed by atoms with E-state index in [-0.39, 0.29) is 36.3 Å². The van der Waals surface area contributed by atoms with Gasteiger partial charge >= 0.3 is 0 Å². The molecule has 0 spiro atoms. The van der Waals surface area contributed by atoms with E-state index in [1.807, 2.05) is 13.2 Å². The molecule has 0 aliphatic carbocycles. The Hall–Kier alpha value is -2.28. The van der Waals surface area contributed by atoms with Crippen LogP contribution < -0.4 is 10.6 Å². The van der Waals surface area contributed by atoms with Crippen LogP contribution in [0.4, 0.5) is 8.78 Å². The van der Waals surface area contributed by atoms with Gasteiger partial charge in [-0.2, -0.15) is 5.10 Å². The minimum absolute atomic E-state index is 0.00570. The SMILES string of the molecule is Cn1cc([C@H]2CNC[C@@H]2C(=O)NCCc2c(F)cccc2F)cn1. The topological polar surface area (TPSA) is 59.0 Å². The monoisotopic (exact) mass is 334 g/mol. The second-order valence-electron chi connectivity index (χ2n) is 6.06. The van der Waals surface area contributed by atoms with Gasteiger partial charge in [-0.05, 0) is 24.1 Å². The summed E-state index contributed by atoms with van der Waals surface area (Å²) in [5.41, 5.74) is 1.02. The average Bonchev–Trinajstić information content (AvgIpc) is 3.18. The van der Waals surface area contributed by atoms with Gasteiger partial charge in [0.15, 0.2) is 0 Å². The molecule has 1 fully saturated rings. The first-order valence-electron chi connectivity index (χ1n) is 7.96. The van der Waals surface area contributed by atoms with Crippen LogP contribution in [0.5, 0.6) is 0 Å². The van der Waals surface area contributed by atoms with Crippen molar-refractivity contribution < 1.29 is 13.6 Å². The van der Waals surface area contributed by atoms with E-state index in [1.54, 1.807) is 10.9 Å². The van der Waals surface area contributed by atoms with Crippen LogP contribution in [0.3, 0.4) is 0 Å². The van der Waals surface area contributed by atoms with Crippen LogP contribution in [-0.2, 0) is 18.3 Å². The lowest BCUT2D eigenvalue weighted by Crippen LogP contribution is -2.35. The highest BCUT2D eigenvalue weighted by Gasteiger charge is 2.34. The number of aromatic nitrogens is 2. The minimum Gasteiger partial charge on any atom is -0.355 e. The molecular formula is C17H20F2N4O. The quantitative estimate of drug-likeness (QED) is 0.868. The van der Waals surface area contributed by atoms with Crippen LogP contribution in [-0.4, -0.2) is 35.3 Å². The number of aryl methyl sites for hydroxylation is 1. The fourth-order valence-corrected chi connectivity index (χ4v) is 3.15. The molecule has 2 aromatic rings. The van der Waals surface area contributed by atoms with Crippen molar-refractivity contribution in [3.8, 4) is 0 Å². The Morgan fingerprint density at radius 1 is 1.38 bits per heavy atom. The highest BCUT2D eigenvalue weighted by molar-refractivity contribution is 5.80. The van der Waals surface area contributed by atoms with E-state index in [0.29, 0.717) is 13.1 Å². The Bertz CT molecular complexity index is 711. The first-order valence-corrected chi connectivity index (χ1v) is 7.96. The van der Waals surface area contributed by atoms with Gasteiger partial charge in [-0.15, -0.1) is 0 Å². The zero-order valence-electron chi connectivity index (χ0n) is 13.4. The molecule has 1 aromatic carbocycles. The van der Waals surface area contributed by atoms with Crippen molar-refractivity contribution in [3.05, 3.63) is 53.4 Å². The molecule has 128 valence electrons. The summed E-state index contributed by atoms with van der Waals surface area (Å²) in [4.78, 5) is 12.4. The third-order valence-corrected chi connectivity index (χ3v) is 4.44. The van der Waals surface area contributed by atoms with E-state index in [2.05, 4.69) is 15.7 Å². The maximum atomic E-state index is 13.6. The lowest BCUT2D eigenvalue weighted by molar-refractivity contribution is -0.124. The Kier molecular flexibility index (Phi) is 4.89. The van der Waals surface area contributed by atoms with Crippen molar-refractivity contribution in [2.45, 2.75) is 12.3 Å². The van der Waals surface area contributed by atoms with Crippen LogP contribution in [0.25, 0.3) is 0 Å². The highest BCUT2D eigenvalue weighted by Crippen LogP contribution is 2.27. The summed E-state index contributed by atoms with van der Waals surface area (Å²) >= 11 is 0. The fraction of sp³-hybridized carbons (Fsp3) is 0.412. The Morgan fingerprint density at radius 2 is 2.12 bits per heavy atom. The lowest BCUT2D eigenvalue weighted by atomic mass is 9.90. The summed E-state index contributed by atoms with van der Waals surface area (Å²) in [6.07, 6.45) is 3.81. The number of nitrogens with zero attached hydrogens (tertiary/aromatic N) is 2. The molecule has 5 nitrogen and oxygen atoms in total. The number of carbonyl (C=O) groups excluding carboxylic acids is 1. The van der Waals surface area contributed by atoms with Crippen LogP contribution in [0.15, 0.2) is 30.6 Å². The second kappa shape index (κ2) is 7.09. The summed E-state index contributed by atoms with van der Waals surface area (Å²) in [5, 5.41) is 10.2. The molecule has 7 heteroatoms. The van der Waals surface area contributed by atoms with E-state index in [4.69, 9.17) is 0 Å². The van der Waals surface area contributed by atoms with Gasteiger partial charge in [-0.1, -0.05) is 6.07 Å². The Balaban J connectivity index is 1.58. The molecular weight excluding hydrogens is 314 g/mol. The third kappa shape index (κ3) is 3.46. The van der Waals surface area contributed by atoms with Crippen molar-refractivity contribution in [3.63, 3.8) is 0 Å². The summed E-state index contributed by atoms with van der Waals surface area (Å²) in [6, 6.07) is 3.77. The summed E-state index contributed by atoms with van der Waals surface area (Å²) in [7, 11) is 1.84. The lowest BCUT2D eigenvalue weighted by Gasteiger charge is -2.17. The van der Waals surface area contributed by atoms with Crippen molar-refractivity contribution in [2.24, 2.45) is 13.0 Å². The van der Waals surface area contributed by atoms with Crippen molar-refractivity contribution >= 4 is 5.91 Å². The van der Waals surface area contributed by atoms with Crippen molar-refractivity contribution in [2.75, 3.05) is 19.6 Å². The zero-order chi connectivity index (χ0) is 17.1. The van der Waals surface area contributed by atoms with Crippen LogP contribution in [0, 0.1) is 17.6 Å². The highest BCUT2D eigenvalue weighted by atomic mass is 19.1. The van der Waals surface area contributed by atoms with Gasteiger partial charge in [-0.3, -0.25) is 9.48 Å². The van der Waals surface area contributed by atoms with Gasteiger partial charge in [0, 0.05) is 44.4 Å². The summed E-state index contributed by atoms with van der Waals surface area (Å²) < 4.78 is 28.9. The Morgan fingerprint density at radius 3 is 2.79 bits per heavy atom. The van der Waals surface area contributed by atoms with Gasteiger partial charge in [-0.25, -0.2) is 8.78 Å². The van der Waals surface area contributed by atoms with Gasteiger partial charge in [0.1, 0.15) is 11.6 Å². The molecule has 0 saturated carbocycles. The molecule has 1 aromatic heterocycles.